The van der Waals surface area contributed by atoms with Crippen molar-refractivity contribution in [2.75, 3.05) is 6.54 Å². The molecule has 22 heavy (non-hydrogen) atoms. The minimum absolute atomic E-state index is 0.262. The Morgan fingerprint density at radius 2 is 1.77 bits per heavy atom. The lowest BCUT2D eigenvalue weighted by Gasteiger charge is -2.11. The first-order valence-electron chi connectivity index (χ1n) is 7.22. The van der Waals surface area contributed by atoms with E-state index in [-0.39, 0.29) is 12.5 Å². The number of carbonyl (C=O) groups excluding carboxylic acids is 1. The number of urea groups is 1. The molecule has 2 aromatic carbocycles. The Labute approximate surface area is 128 Å². The molecule has 1 aliphatic carbocycles. The van der Waals surface area contributed by atoms with Gasteiger partial charge in [0.25, 0.3) is 0 Å². The van der Waals surface area contributed by atoms with Crippen LogP contribution in [0.4, 0.5) is 4.79 Å². The van der Waals surface area contributed by atoms with Crippen molar-refractivity contribution in [1.29, 1.82) is 0 Å². The first-order chi connectivity index (χ1) is 10.6. The van der Waals surface area contributed by atoms with Gasteiger partial charge in [-0.05, 0) is 48.1 Å². The first-order valence-corrected chi connectivity index (χ1v) is 7.22. The third kappa shape index (κ3) is 3.38. The number of hydrogen-bond donors (Lipinski definition) is 2. The van der Waals surface area contributed by atoms with Crippen molar-refractivity contribution in [3.05, 3.63) is 60.2 Å². The molecule has 2 amide bonds. The van der Waals surface area contributed by atoms with Gasteiger partial charge in [0.15, 0.2) is 0 Å². The summed E-state index contributed by atoms with van der Waals surface area (Å²) in [6, 6.07) is 16.7. The number of primary amides is 1. The SMILES string of the molecule is NC(=O)N(O)C[C@@H]1C[C@H]1c1ccc(Oc2ccccc2)cc1. The second-order valence-electron chi connectivity index (χ2n) is 5.51. The fourth-order valence-electron chi connectivity index (χ4n) is 2.58. The summed E-state index contributed by atoms with van der Waals surface area (Å²) >= 11 is 0. The van der Waals surface area contributed by atoms with E-state index in [1.165, 1.54) is 5.56 Å². The van der Waals surface area contributed by atoms with Crippen LogP contribution >= 0.6 is 0 Å². The Morgan fingerprint density at radius 1 is 1.14 bits per heavy atom. The van der Waals surface area contributed by atoms with Gasteiger partial charge in [0, 0.05) is 0 Å². The topological polar surface area (TPSA) is 75.8 Å². The molecule has 2 atom stereocenters. The van der Waals surface area contributed by atoms with Gasteiger partial charge in [0.1, 0.15) is 11.5 Å². The quantitative estimate of drug-likeness (QED) is 0.656. The van der Waals surface area contributed by atoms with Crippen LogP contribution < -0.4 is 10.5 Å². The molecular formula is C17H18N2O3. The fraction of sp³-hybridized carbons (Fsp3) is 0.235. The standard InChI is InChI=1S/C17H18N2O3/c18-17(20)19(21)11-13-10-16(13)12-6-8-15(9-7-12)22-14-4-2-1-3-5-14/h1-9,13,16,21H,10-11H2,(H2,18,20)/t13-,16-/m0/s1. The van der Waals surface area contributed by atoms with Crippen molar-refractivity contribution in [3.8, 4) is 11.5 Å². The summed E-state index contributed by atoms with van der Waals surface area (Å²) in [5.74, 6) is 2.21. The zero-order valence-corrected chi connectivity index (χ0v) is 12.1. The van der Waals surface area contributed by atoms with E-state index < -0.39 is 6.03 Å². The van der Waals surface area contributed by atoms with Crippen LogP contribution in [0.15, 0.2) is 54.6 Å². The normalized spacial score (nSPS) is 19.5. The minimum atomic E-state index is -0.808. The molecule has 0 unspecified atom stereocenters. The lowest BCUT2D eigenvalue weighted by atomic mass is 10.1. The van der Waals surface area contributed by atoms with Crippen LogP contribution in [0.5, 0.6) is 11.5 Å². The molecule has 0 radical (unpaired) electrons. The molecule has 2 aromatic rings. The van der Waals surface area contributed by atoms with E-state index in [0.29, 0.717) is 11.0 Å². The Morgan fingerprint density at radius 3 is 2.41 bits per heavy atom. The molecule has 0 aliphatic heterocycles. The lowest BCUT2D eigenvalue weighted by molar-refractivity contribution is -0.0431. The Kier molecular flexibility index (Phi) is 3.98. The first kappa shape index (κ1) is 14.4. The summed E-state index contributed by atoms with van der Waals surface area (Å²) in [5.41, 5.74) is 6.19. The van der Waals surface area contributed by atoms with Crippen LogP contribution in [0.25, 0.3) is 0 Å². The smallest absolute Gasteiger partial charge is 0.338 e. The van der Waals surface area contributed by atoms with Crippen molar-refractivity contribution in [3.63, 3.8) is 0 Å². The number of hydrogen-bond acceptors (Lipinski definition) is 3. The average Bonchev–Trinajstić information content (AvgIpc) is 3.28. The highest BCUT2D eigenvalue weighted by molar-refractivity contribution is 5.70. The predicted octanol–water partition coefficient (Wildman–Crippen LogP) is 3.35. The molecule has 1 saturated carbocycles. The molecule has 0 aromatic heterocycles. The second-order valence-corrected chi connectivity index (χ2v) is 5.51. The molecule has 1 fully saturated rings. The van der Waals surface area contributed by atoms with Crippen molar-refractivity contribution >= 4 is 6.03 Å². The van der Waals surface area contributed by atoms with Crippen LogP contribution in [0.2, 0.25) is 0 Å². The maximum Gasteiger partial charge on any atom is 0.338 e. The van der Waals surface area contributed by atoms with Crippen LogP contribution in [0, 0.1) is 5.92 Å². The Bertz CT molecular complexity index is 643. The number of benzene rings is 2. The van der Waals surface area contributed by atoms with Gasteiger partial charge in [0.2, 0.25) is 0 Å². The van der Waals surface area contributed by atoms with E-state index >= 15 is 0 Å². The van der Waals surface area contributed by atoms with Gasteiger partial charge in [-0.1, -0.05) is 30.3 Å². The highest BCUT2D eigenvalue weighted by Crippen LogP contribution is 2.48. The van der Waals surface area contributed by atoms with E-state index in [0.717, 1.165) is 17.9 Å². The molecule has 114 valence electrons. The van der Waals surface area contributed by atoms with Gasteiger partial charge >= 0.3 is 6.03 Å². The zero-order chi connectivity index (χ0) is 15.5. The predicted molar refractivity (Wildman–Crippen MR) is 81.9 cm³/mol. The van der Waals surface area contributed by atoms with E-state index in [4.69, 9.17) is 10.5 Å². The maximum atomic E-state index is 10.8. The van der Waals surface area contributed by atoms with E-state index in [1.807, 2.05) is 54.6 Å². The third-order valence-corrected chi connectivity index (χ3v) is 3.87. The van der Waals surface area contributed by atoms with Gasteiger partial charge in [-0.2, -0.15) is 0 Å². The lowest BCUT2D eigenvalue weighted by Crippen LogP contribution is -2.34. The number of amides is 2. The summed E-state index contributed by atoms with van der Waals surface area (Å²) in [6.45, 7) is 0.280. The van der Waals surface area contributed by atoms with E-state index in [9.17, 15) is 10.0 Å². The summed E-state index contributed by atoms with van der Waals surface area (Å²) in [5, 5.41) is 9.93. The Hall–Kier alpha value is -2.53. The Balaban J connectivity index is 1.58. The fourth-order valence-corrected chi connectivity index (χ4v) is 2.58. The third-order valence-electron chi connectivity index (χ3n) is 3.87. The number of para-hydroxylation sites is 1. The molecule has 0 bridgehead atoms. The minimum Gasteiger partial charge on any atom is -0.457 e. The number of carbonyl (C=O) groups is 1. The maximum absolute atomic E-state index is 10.8. The largest absolute Gasteiger partial charge is 0.457 e. The molecular weight excluding hydrogens is 280 g/mol. The number of ether oxygens (including phenoxy) is 1. The average molecular weight is 298 g/mol. The molecule has 3 N–H and O–H groups in total. The number of nitrogens with zero attached hydrogens (tertiary/aromatic N) is 1. The summed E-state index contributed by atoms with van der Waals surface area (Å²) < 4.78 is 5.75. The molecule has 3 rings (SSSR count). The number of nitrogens with two attached hydrogens (primary N) is 1. The highest BCUT2D eigenvalue weighted by atomic mass is 16.5. The molecule has 0 saturated heterocycles. The van der Waals surface area contributed by atoms with Crippen molar-refractivity contribution in [1.82, 2.24) is 5.06 Å². The molecule has 5 nitrogen and oxygen atoms in total. The van der Waals surface area contributed by atoms with Crippen molar-refractivity contribution in [2.45, 2.75) is 12.3 Å². The summed E-state index contributed by atoms with van der Waals surface area (Å²) in [6.07, 6.45) is 0.948. The van der Waals surface area contributed by atoms with Crippen LogP contribution in [0.3, 0.4) is 0 Å². The van der Waals surface area contributed by atoms with Crippen LogP contribution in [-0.2, 0) is 0 Å². The van der Waals surface area contributed by atoms with Crippen LogP contribution in [-0.4, -0.2) is 22.8 Å². The number of rotatable bonds is 5. The molecule has 0 heterocycles. The monoisotopic (exact) mass is 298 g/mol. The molecule has 0 spiro atoms. The second kappa shape index (κ2) is 6.07. The van der Waals surface area contributed by atoms with Crippen molar-refractivity contribution < 1.29 is 14.7 Å². The molecule has 1 aliphatic rings. The summed E-state index contributed by atoms with van der Waals surface area (Å²) in [4.78, 5) is 10.8. The van der Waals surface area contributed by atoms with Gasteiger partial charge in [0.05, 0.1) is 6.54 Å². The van der Waals surface area contributed by atoms with E-state index in [1.54, 1.807) is 0 Å². The summed E-state index contributed by atoms with van der Waals surface area (Å²) in [7, 11) is 0. The highest BCUT2D eigenvalue weighted by Gasteiger charge is 2.39. The van der Waals surface area contributed by atoms with Gasteiger partial charge in [-0.25, -0.2) is 9.86 Å². The zero-order valence-electron chi connectivity index (χ0n) is 12.1. The number of hydroxylamine groups is 2. The van der Waals surface area contributed by atoms with Gasteiger partial charge in [-0.15, -0.1) is 0 Å². The van der Waals surface area contributed by atoms with Crippen molar-refractivity contribution in [2.24, 2.45) is 11.7 Å². The van der Waals surface area contributed by atoms with Crippen LogP contribution in [0.1, 0.15) is 17.9 Å². The van der Waals surface area contributed by atoms with E-state index in [2.05, 4.69) is 0 Å². The molecule has 5 heteroatoms. The van der Waals surface area contributed by atoms with Gasteiger partial charge in [-0.3, -0.25) is 5.21 Å². The van der Waals surface area contributed by atoms with Gasteiger partial charge < -0.3 is 10.5 Å².